The molecule has 6 nitrogen and oxygen atoms in total. The molecule has 6 heteroatoms. The van der Waals surface area contributed by atoms with Gasteiger partial charge in [-0.3, -0.25) is 4.79 Å². The zero-order valence-electron chi connectivity index (χ0n) is 15.2. The number of aliphatic hydroxyl groups excluding tert-OH is 1. The number of benzene rings is 1. The van der Waals surface area contributed by atoms with Crippen LogP contribution in [0.4, 0.5) is 5.95 Å². The van der Waals surface area contributed by atoms with E-state index < -0.39 is 0 Å². The van der Waals surface area contributed by atoms with Gasteiger partial charge in [0.15, 0.2) is 5.78 Å². The fourth-order valence-electron chi connectivity index (χ4n) is 3.06. The van der Waals surface area contributed by atoms with Crippen LogP contribution in [0, 0.1) is 20.8 Å². The van der Waals surface area contributed by atoms with Crippen LogP contribution in [0.3, 0.4) is 0 Å². The van der Waals surface area contributed by atoms with E-state index in [-0.39, 0.29) is 23.0 Å². The van der Waals surface area contributed by atoms with Gasteiger partial charge in [0.05, 0.1) is 11.8 Å². The number of allylic oxidation sites excluding steroid dienone is 2. The molecule has 1 aromatic heterocycles. The van der Waals surface area contributed by atoms with E-state index in [1.807, 2.05) is 51.1 Å². The van der Waals surface area contributed by atoms with Crippen LogP contribution < -0.4 is 5.43 Å². The van der Waals surface area contributed by atoms with Gasteiger partial charge >= 0.3 is 0 Å². The Hall–Kier alpha value is -3.02. The monoisotopic (exact) mass is 350 g/mol. The maximum Gasteiger partial charge on any atom is 0.243 e. The summed E-state index contributed by atoms with van der Waals surface area (Å²) in [6, 6.07) is 9.92. The Morgan fingerprint density at radius 2 is 1.77 bits per heavy atom. The second-order valence-corrected chi connectivity index (χ2v) is 6.64. The number of nitrogens with zero attached hydrogens (tertiary/aromatic N) is 3. The number of carbonyl (C=O) groups excluding carboxylic acids is 1. The molecule has 2 N–H and O–H groups in total. The van der Waals surface area contributed by atoms with Crippen molar-refractivity contribution in [2.45, 2.75) is 39.5 Å². The van der Waals surface area contributed by atoms with Crippen LogP contribution in [-0.4, -0.2) is 27.1 Å². The molecule has 0 radical (unpaired) electrons. The molecule has 1 heterocycles. The smallest absolute Gasteiger partial charge is 0.243 e. The number of hydrogen-bond acceptors (Lipinski definition) is 6. The van der Waals surface area contributed by atoms with Crippen molar-refractivity contribution in [3.8, 4) is 0 Å². The quantitative estimate of drug-likeness (QED) is 0.647. The van der Waals surface area contributed by atoms with Crippen molar-refractivity contribution in [1.82, 2.24) is 9.97 Å². The maximum absolute atomic E-state index is 12.4. The summed E-state index contributed by atoms with van der Waals surface area (Å²) in [7, 11) is 0. The van der Waals surface area contributed by atoms with E-state index in [9.17, 15) is 9.90 Å². The number of ketones is 1. The first kappa shape index (κ1) is 17.8. The third-order valence-corrected chi connectivity index (χ3v) is 4.37. The summed E-state index contributed by atoms with van der Waals surface area (Å²) in [5.74, 6) is 0.306. The number of carbonyl (C=O) groups is 1. The van der Waals surface area contributed by atoms with E-state index in [1.54, 1.807) is 0 Å². The minimum Gasteiger partial charge on any atom is -0.511 e. The van der Waals surface area contributed by atoms with E-state index >= 15 is 0 Å². The topological polar surface area (TPSA) is 87.5 Å². The average Bonchev–Trinajstić information content (AvgIpc) is 2.57. The normalized spacial score (nSPS) is 17.8. The number of hydrogen-bond donors (Lipinski definition) is 2. The first-order chi connectivity index (χ1) is 12.4. The highest BCUT2D eigenvalue weighted by molar-refractivity contribution is 6.14. The number of hydrazone groups is 1. The molecule has 134 valence electrons. The number of rotatable bonds is 4. The molecule has 0 bridgehead atoms. The summed E-state index contributed by atoms with van der Waals surface area (Å²) in [6.45, 7) is 5.76. The average molecular weight is 350 g/mol. The molecular formula is C20H22N4O2. The lowest BCUT2D eigenvalue weighted by atomic mass is 9.83. The molecule has 1 aromatic carbocycles. The lowest BCUT2D eigenvalue weighted by Gasteiger charge is -2.22. The molecule has 3 rings (SSSR count). The summed E-state index contributed by atoms with van der Waals surface area (Å²) in [5, 5.41) is 14.3. The highest BCUT2D eigenvalue weighted by Gasteiger charge is 2.27. The number of aryl methyl sites for hydroxylation is 3. The number of anilines is 1. The minimum atomic E-state index is -0.119. The fourth-order valence-corrected chi connectivity index (χ4v) is 3.06. The van der Waals surface area contributed by atoms with Gasteiger partial charge in [0.25, 0.3) is 0 Å². The predicted octanol–water partition coefficient (Wildman–Crippen LogP) is 3.76. The van der Waals surface area contributed by atoms with Crippen molar-refractivity contribution in [2.75, 3.05) is 5.43 Å². The Bertz CT molecular complexity index is 865. The van der Waals surface area contributed by atoms with Gasteiger partial charge in [-0.15, -0.1) is 0 Å². The molecule has 0 fully saturated rings. The van der Waals surface area contributed by atoms with Crippen molar-refractivity contribution < 1.29 is 9.90 Å². The molecule has 26 heavy (non-hydrogen) atoms. The molecule has 1 atom stereocenters. The summed E-state index contributed by atoms with van der Waals surface area (Å²) < 4.78 is 0. The van der Waals surface area contributed by atoms with Gasteiger partial charge < -0.3 is 5.11 Å². The van der Waals surface area contributed by atoms with Gasteiger partial charge in [0, 0.05) is 24.2 Å². The molecule has 1 aliphatic rings. The molecule has 1 aliphatic carbocycles. The Morgan fingerprint density at radius 3 is 2.38 bits per heavy atom. The van der Waals surface area contributed by atoms with Crippen LogP contribution in [0.1, 0.15) is 41.3 Å². The van der Waals surface area contributed by atoms with Crippen LogP contribution in [0.15, 0.2) is 46.8 Å². The third kappa shape index (κ3) is 4.14. The number of aromatic nitrogens is 2. The van der Waals surface area contributed by atoms with Gasteiger partial charge in [-0.25, -0.2) is 15.4 Å². The highest BCUT2D eigenvalue weighted by Crippen LogP contribution is 2.33. The van der Waals surface area contributed by atoms with E-state index in [4.69, 9.17) is 0 Å². The summed E-state index contributed by atoms with van der Waals surface area (Å²) in [6.07, 6.45) is 2.13. The standard InChI is InChI=1S/C20H22N4O2/c1-12-4-6-15(7-5-12)16-9-18(25)17(19(26)10-16)11-21-24-20-22-13(2)8-14(3)23-20/h4-8,11,16,25H,9-10H2,1-3H3,(H,22,23,24)/b21-11+. The first-order valence-electron chi connectivity index (χ1n) is 8.55. The van der Waals surface area contributed by atoms with E-state index in [2.05, 4.69) is 20.5 Å². The Balaban J connectivity index is 1.72. The lowest BCUT2D eigenvalue weighted by molar-refractivity contribution is -0.116. The predicted molar refractivity (Wildman–Crippen MR) is 101 cm³/mol. The van der Waals surface area contributed by atoms with E-state index in [0.717, 1.165) is 17.0 Å². The molecule has 2 aromatic rings. The Labute approximate surface area is 152 Å². The van der Waals surface area contributed by atoms with Crippen molar-refractivity contribution in [1.29, 1.82) is 0 Å². The summed E-state index contributed by atoms with van der Waals surface area (Å²) in [4.78, 5) is 20.9. The van der Waals surface area contributed by atoms with Gasteiger partial charge in [-0.1, -0.05) is 29.8 Å². The van der Waals surface area contributed by atoms with Gasteiger partial charge in [-0.05, 0) is 38.3 Å². The molecule has 1 unspecified atom stereocenters. The lowest BCUT2D eigenvalue weighted by Crippen LogP contribution is -2.19. The second-order valence-electron chi connectivity index (χ2n) is 6.64. The van der Waals surface area contributed by atoms with Crippen molar-refractivity contribution >= 4 is 17.9 Å². The Kier molecular flexibility index (Phi) is 5.11. The van der Waals surface area contributed by atoms with Gasteiger partial charge in [0.2, 0.25) is 5.95 Å². The minimum absolute atomic E-state index is 0.00374. The molecular weight excluding hydrogens is 328 g/mol. The SMILES string of the molecule is Cc1ccc(C2CC(=O)C(/C=N/Nc3nc(C)cc(C)n3)=C(O)C2)cc1. The van der Waals surface area contributed by atoms with Crippen LogP contribution in [-0.2, 0) is 4.79 Å². The van der Waals surface area contributed by atoms with Crippen LogP contribution >= 0.6 is 0 Å². The Morgan fingerprint density at radius 1 is 1.12 bits per heavy atom. The third-order valence-electron chi connectivity index (χ3n) is 4.37. The van der Waals surface area contributed by atoms with Crippen molar-refractivity contribution in [2.24, 2.45) is 5.10 Å². The zero-order chi connectivity index (χ0) is 18.7. The molecule has 0 saturated heterocycles. The number of aliphatic hydroxyl groups is 1. The molecule has 0 amide bonds. The van der Waals surface area contributed by atoms with Crippen LogP contribution in [0.2, 0.25) is 0 Å². The summed E-state index contributed by atoms with van der Waals surface area (Å²) in [5.41, 5.74) is 6.84. The first-order valence-corrected chi connectivity index (χ1v) is 8.55. The fraction of sp³-hybridized carbons (Fsp3) is 0.300. The largest absolute Gasteiger partial charge is 0.511 e. The highest BCUT2D eigenvalue weighted by atomic mass is 16.3. The van der Waals surface area contributed by atoms with Crippen LogP contribution in [0.25, 0.3) is 0 Å². The number of Topliss-reactive ketones (excluding diaryl/α,β-unsaturated/α-hetero) is 1. The van der Waals surface area contributed by atoms with E-state index in [1.165, 1.54) is 11.8 Å². The maximum atomic E-state index is 12.4. The van der Waals surface area contributed by atoms with Gasteiger partial charge in [0.1, 0.15) is 5.76 Å². The molecule has 0 spiro atoms. The zero-order valence-corrected chi connectivity index (χ0v) is 15.2. The molecule has 0 aliphatic heterocycles. The van der Waals surface area contributed by atoms with Gasteiger partial charge in [-0.2, -0.15) is 5.10 Å². The second kappa shape index (κ2) is 7.47. The number of nitrogens with one attached hydrogen (secondary N) is 1. The molecule has 0 saturated carbocycles. The van der Waals surface area contributed by atoms with Crippen molar-refractivity contribution in [3.05, 3.63) is 64.2 Å². The van der Waals surface area contributed by atoms with Crippen molar-refractivity contribution in [3.63, 3.8) is 0 Å². The van der Waals surface area contributed by atoms with Crippen LogP contribution in [0.5, 0.6) is 0 Å². The van der Waals surface area contributed by atoms with E-state index in [0.29, 0.717) is 18.8 Å². The summed E-state index contributed by atoms with van der Waals surface area (Å²) >= 11 is 0.